The first-order valence-corrected chi connectivity index (χ1v) is 7.27. The first kappa shape index (κ1) is 14.1. The third-order valence-corrected chi connectivity index (χ3v) is 3.29. The monoisotopic (exact) mass is 264 g/mol. The molecule has 0 atom stereocenters. The molecule has 0 saturated carbocycles. The maximum absolute atomic E-state index is 5.52. The summed E-state index contributed by atoms with van der Waals surface area (Å²) in [7, 11) is 0. The van der Waals surface area contributed by atoms with E-state index in [4.69, 9.17) is 4.74 Å². The van der Waals surface area contributed by atoms with Crippen molar-refractivity contribution in [2.45, 2.75) is 33.1 Å². The Hall–Kier alpha value is -1.36. The summed E-state index contributed by atoms with van der Waals surface area (Å²) >= 11 is 0. The second-order valence-corrected chi connectivity index (χ2v) is 4.76. The molecular formula is C14H24N4O. The van der Waals surface area contributed by atoms with Crippen LogP contribution in [0.25, 0.3) is 0 Å². The van der Waals surface area contributed by atoms with Crippen molar-refractivity contribution in [3.63, 3.8) is 0 Å². The van der Waals surface area contributed by atoms with Crippen LogP contribution in [-0.2, 0) is 11.2 Å². The fraction of sp³-hybridized carbons (Fsp3) is 0.714. The Morgan fingerprint density at radius 2 is 2.16 bits per heavy atom. The minimum atomic E-state index is 0.784. The maximum Gasteiger partial charge on any atom is 0.137 e. The van der Waals surface area contributed by atoms with E-state index >= 15 is 0 Å². The molecular weight excluding hydrogens is 240 g/mol. The number of nitrogens with zero attached hydrogens (tertiary/aromatic N) is 3. The molecule has 1 saturated heterocycles. The van der Waals surface area contributed by atoms with Gasteiger partial charge in [0.05, 0.1) is 6.61 Å². The van der Waals surface area contributed by atoms with Crippen LogP contribution in [0.4, 0.5) is 11.6 Å². The summed E-state index contributed by atoms with van der Waals surface area (Å²) in [6, 6.07) is 0. The second-order valence-electron chi connectivity index (χ2n) is 4.76. The van der Waals surface area contributed by atoms with Crippen molar-refractivity contribution in [1.82, 2.24) is 9.97 Å². The number of rotatable bonds is 5. The Bertz CT molecular complexity index is 389. The molecule has 0 bridgehead atoms. The lowest BCUT2D eigenvalue weighted by atomic mass is 10.1. The van der Waals surface area contributed by atoms with Crippen molar-refractivity contribution in [1.29, 1.82) is 0 Å². The van der Waals surface area contributed by atoms with Gasteiger partial charge in [-0.05, 0) is 19.8 Å². The molecule has 106 valence electrons. The van der Waals surface area contributed by atoms with Gasteiger partial charge in [-0.15, -0.1) is 0 Å². The van der Waals surface area contributed by atoms with E-state index < -0.39 is 0 Å². The van der Waals surface area contributed by atoms with Crippen LogP contribution >= 0.6 is 0 Å². The van der Waals surface area contributed by atoms with Crippen LogP contribution in [0.5, 0.6) is 0 Å². The topological polar surface area (TPSA) is 50.3 Å². The van der Waals surface area contributed by atoms with Crippen molar-refractivity contribution in [2.24, 2.45) is 0 Å². The summed E-state index contributed by atoms with van der Waals surface area (Å²) in [5, 5.41) is 3.35. The van der Waals surface area contributed by atoms with Crippen molar-refractivity contribution in [3.8, 4) is 0 Å². The summed E-state index contributed by atoms with van der Waals surface area (Å²) < 4.78 is 5.52. The van der Waals surface area contributed by atoms with Gasteiger partial charge < -0.3 is 15.0 Å². The summed E-state index contributed by atoms with van der Waals surface area (Å²) in [5.41, 5.74) is 1.24. The summed E-state index contributed by atoms with van der Waals surface area (Å²) in [6.07, 6.45) is 4.84. The minimum Gasteiger partial charge on any atom is -0.380 e. The average Bonchev–Trinajstić information content (AvgIpc) is 2.70. The SMILES string of the molecule is CCCc1c(NCC)ncnc1N1CCCOCC1. The molecule has 5 nitrogen and oxygen atoms in total. The standard InChI is InChI=1S/C14H24N4O/c1-3-6-12-13(15-4-2)16-11-17-14(12)18-7-5-9-19-10-8-18/h11H,3-10H2,1-2H3,(H,15,16,17). The number of nitrogens with one attached hydrogen (secondary N) is 1. The molecule has 0 aromatic carbocycles. The van der Waals surface area contributed by atoms with E-state index in [0.717, 1.165) is 63.7 Å². The van der Waals surface area contributed by atoms with Crippen molar-refractivity contribution < 1.29 is 4.74 Å². The van der Waals surface area contributed by atoms with Gasteiger partial charge in [0.1, 0.15) is 18.0 Å². The smallest absolute Gasteiger partial charge is 0.137 e. The normalized spacial score (nSPS) is 16.2. The second kappa shape index (κ2) is 7.28. The van der Waals surface area contributed by atoms with Gasteiger partial charge in [-0.1, -0.05) is 13.3 Å². The molecule has 2 heterocycles. The average molecular weight is 264 g/mol. The maximum atomic E-state index is 5.52. The van der Waals surface area contributed by atoms with Crippen LogP contribution in [0.1, 0.15) is 32.3 Å². The van der Waals surface area contributed by atoms with Crippen LogP contribution in [0.3, 0.4) is 0 Å². The number of ether oxygens (including phenoxy) is 1. The Labute approximate surface area is 115 Å². The molecule has 1 fully saturated rings. The third kappa shape index (κ3) is 3.56. The van der Waals surface area contributed by atoms with Crippen molar-refractivity contribution in [3.05, 3.63) is 11.9 Å². The van der Waals surface area contributed by atoms with E-state index in [-0.39, 0.29) is 0 Å². The van der Waals surface area contributed by atoms with Crippen molar-refractivity contribution >= 4 is 11.6 Å². The molecule has 0 amide bonds. The minimum absolute atomic E-state index is 0.784. The molecule has 1 aromatic heterocycles. The molecule has 19 heavy (non-hydrogen) atoms. The highest BCUT2D eigenvalue weighted by molar-refractivity contribution is 5.59. The predicted molar refractivity (Wildman–Crippen MR) is 77.8 cm³/mol. The molecule has 0 unspecified atom stereocenters. The number of aromatic nitrogens is 2. The molecule has 0 spiro atoms. The fourth-order valence-electron chi connectivity index (χ4n) is 2.43. The van der Waals surface area contributed by atoms with E-state index in [1.165, 1.54) is 5.56 Å². The van der Waals surface area contributed by atoms with Crippen LogP contribution in [0.15, 0.2) is 6.33 Å². The zero-order valence-electron chi connectivity index (χ0n) is 12.0. The zero-order valence-corrected chi connectivity index (χ0v) is 12.0. The number of hydrogen-bond donors (Lipinski definition) is 1. The van der Waals surface area contributed by atoms with Gasteiger partial charge in [0.25, 0.3) is 0 Å². The van der Waals surface area contributed by atoms with Gasteiger partial charge in [0, 0.05) is 31.8 Å². The van der Waals surface area contributed by atoms with E-state index in [0.29, 0.717) is 0 Å². The van der Waals surface area contributed by atoms with Crippen LogP contribution in [0.2, 0.25) is 0 Å². The highest BCUT2D eigenvalue weighted by atomic mass is 16.5. The number of anilines is 2. The van der Waals surface area contributed by atoms with E-state index in [1.807, 2.05) is 0 Å². The Morgan fingerprint density at radius 1 is 1.26 bits per heavy atom. The van der Waals surface area contributed by atoms with E-state index in [9.17, 15) is 0 Å². The highest BCUT2D eigenvalue weighted by Gasteiger charge is 2.17. The summed E-state index contributed by atoms with van der Waals surface area (Å²) in [4.78, 5) is 11.2. The molecule has 0 radical (unpaired) electrons. The van der Waals surface area contributed by atoms with Gasteiger partial charge in [-0.2, -0.15) is 0 Å². The first-order chi connectivity index (χ1) is 9.36. The van der Waals surface area contributed by atoms with Gasteiger partial charge in [-0.25, -0.2) is 9.97 Å². The molecule has 0 aliphatic carbocycles. The van der Waals surface area contributed by atoms with E-state index in [1.54, 1.807) is 6.33 Å². The van der Waals surface area contributed by atoms with Crippen molar-refractivity contribution in [2.75, 3.05) is 43.1 Å². The third-order valence-electron chi connectivity index (χ3n) is 3.29. The predicted octanol–water partition coefficient (Wildman–Crippen LogP) is 2.09. The van der Waals surface area contributed by atoms with Crippen LogP contribution in [0, 0.1) is 0 Å². The highest BCUT2D eigenvalue weighted by Crippen LogP contribution is 2.25. The molecule has 5 heteroatoms. The Balaban J connectivity index is 2.28. The quantitative estimate of drug-likeness (QED) is 0.882. The van der Waals surface area contributed by atoms with Gasteiger partial charge in [0.2, 0.25) is 0 Å². The van der Waals surface area contributed by atoms with E-state index in [2.05, 4.69) is 34.0 Å². The Kier molecular flexibility index (Phi) is 5.39. The molecule has 1 aromatic rings. The van der Waals surface area contributed by atoms with Crippen LogP contribution in [-0.4, -0.2) is 42.8 Å². The summed E-state index contributed by atoms with van der Waals surface area (Å²) in [5.74, 6) is 2.07. The summed E-state index contributed by atoms with van der Waals surface area (Å²) in [6.45, 7) is 8.74. The zero-order chi connectivity index (χ0) is 13.5. The fourth-order valence-corrected chi connectivity index (χ4v) is 2.43. The molecule has 1 aliphatic rings. The lowest BCUT2D eigenvalue weighted by molar-refractivity contribution is 0.152. The molecule has 1 N–H and O–H groups in total. The lowest BCUT2D eigenvalue weighted by Crippen LogP contribution is -2.28. The van der Waals surface area contributed by atoms with Gasteiger partial charge >= 0.3 is 0 Å². The molecule has 1 aliphatic heterocycles. The largest absolute Gasteiger partial charge is 0.380 e. The molecule has 2 rings (SSSR count). The first-order valence-electron chi connectivity index (χ1n) is 7.27. The lowest BCUT2D eigenvalue weighted by Gasteiger charge is -2.24. The van der Waals surface area contributed by atoms with Gasteiger partial charge in [0.15, 0.2) is 0 Å². The van der Waals surface area contributed by atoms with Crippen LogP contribution < -0.4 is 10.2 Å². The van der Waals surface area contributed by atoms with Gasteiger partial charge in [-0.3, -0.25) is 0 Å². The Morgan fingerprint density at radius 3 is 2.95 bits per heavy atom. The number of hydrogen-bond acceptors (Lipinski definition) is 5.